The third-order valence-corrected chi connectivity index (χ3v) is 8.07. The van der Waals surface area contributed by atoms with Crippen LogP contribution in [0.15, 0.2) is 53.5 Å². The van der Waals surface area contributed by atoms with Crippen LogP contribution in [-0.4, -0.2) is 43.8 Å². The van der Waals surface area contributed by atoms with E-state index in [0.717, 1.165) is 6.42 Å². The molecule has 0 spiro atoms. The Morgan fingerprint density at radius 1 is 1.26 bits per heavy atom. The van der Waals surface area contributed by atoms with E-state index in [1.807, 2.05) is 37.3 Å². The summed E-state index contributed by atoms with van der Waals surface area (Å²) in [6.07, 6.45) is 4.97. The van der Waals surface area contributed by atoms with E-state index in [4.69, 9.17) is 9.72 Å². The SMILES string of the molecule is CC(C)COc1cc(F)cc(-c2ccc(C(=O)NS(=O)(=O)C3=CC=CCC3=O)c(N3C[C@@H](C)CC3(C)C)n2)c1. The molecule has 1 aromatic heterocycles. The van der Waals surface area contributed by atoms with Crippen LogP contribution in [0.3, 0.4) is 0 Å². The number of carbonyl (C=O) groups excluding carboxylic acids is 2. The Morgan fingerprint density at radius 3 is 2.64 bits per heavy atom. The Labute approximate surface area is 229 Å². The number of benzene rings is 1. The molecule has 0 saturated carbocycles. The number of aromatic nitrogens is 1. The molecule has 0 bridgehead atoms. The average molecular weight is 556 g/mol. The highest BCUT2D eigenvalue weighted by atomic mass is 32.2. The predicted octanol–water partition coefficient (Wildman–Crippen LogP) is 5.02. The molecule has 208 valence electrons. The van der Waals surface area contributed by atoms with Gasteiger partial charge in [0.2, 0.25) is 0 Å². The Balaban J connectivity index is 1.76. The number of hydrogen-bond donors (Lipinski definition) is 1. The summed E-state index contributed by atoms with van der Waals surface area (Å²) in [5, 5.41) is 0. The van der Waals surface area contributed by atoms with E-state index in [-0.39, 0.29) is 29.3 Å². The minimum atomic E-state index is -4.40. The van der Waals surface area contributed by atoms with Crippen molar-refractivity contribution in [3.63, 3.8) is 0 Å². The van der Waals surface area contributed by atoms with Crippen LogP contribution >= 0.6 is 0 Å². The third-order valence-electron chi connectivity index (χ3n) is 6.68. The molecule has 1 amide bonds. The van der Waals surface area contributed by atoms with Gasteiger partial charge in [0.25, 0.3) is 15.9 Å². The minimum absolute atomic E-state index is 0.0385. The molecule has 2 aromatic rings. The van der Waals surface area contributed by atoms with Gasteiger partial charge in [-0.1, -0.05) is 32.9 Å². The highest BCUT2D eigenvalue weighted by Gasteiger charge is 2.39. The quantitative estimate of drug-likeness (QED) is 0.488. The van der Waals surface area contributed by atoms with Crippen LogP contribution in [0, 0.1) is 17.7 Å². The molecule has 2 heterocycles. The first kappa shape index (κ1) is 28.5. The molecule has 1 aliphatic carbocycles. The van der Waals surface area contributed by atoms with Crippen molar-refractivity contribution in [3.8, 4) is 17.0 Å². The molecule has 0 unspecified atom stereocenters. The number of Topliss-reactive ketones (excluding diaryl/α,β-unsaturated/α-hetero) is 1. The zero-order valence-electron chi connectivity index (χ0n) is 22.8. The van der Waals surface area contributed by atoms with Crippen LogP contribution in [0.4, 0.5) is 10.2 Å². The number of ketones is 1. The van der Waals surface area contributed by atoms with E-state index in [0.29, 0.717) is 36.1 Å². The summed E-state index contributed by atoms with van der Waals surface area (Å²) in [5.74, 6) is -0.780. The molecule has 1 N–H and O–H groups in total. The molecule has 1 aromatic carbocycles. The van der Waals surface area contributed by atoms with E-state index in [1.54, 1.807) is 18.2 Å². The molecule has 4 rings (SSSR count). The molecule has 8 nitrogen and oxygen atoms in total. The molecule has 1 fully saturated rings. The second kappa shape index (κ2) is 10.9. The summed E-state index contributed by atoms with van der Waals surface area (Å²) < 4.78 is 48.1. The lowest BCUT2D eigenvalue weighted by Crippen LogP contribution is -2.41. The highest BCUT2D eigenvalue weighted by molar-refractivity contribution is 7.95. The van der Waals surface area contributed by atoms with E-state index in [1.165, 1.54) is 30.4 Å². The first-order valence-corrected chi connectivity index (χ1v) is 14.4. The number of hydrogen-bond acceptors (Lipinski definition) is 7. The molecular formula is C29H34FN3O5S. The Kier molecular flexibility index (Phi) is 7.97. The number of nitrogens with zero attached hydrogens (tertiary/aromatic N) is 2. The van der Waals surface area contributed by atoms with Gasteiger partial charge in [-0.2, -0.15) is 0 Å². The van der Waals surface area contributed by atoms with Crippen LogP contribution in [0.5, 0.6) is 5.75 Å². The Hall–Kier alpha value is -3.53. The number of amides is 1. The van der Waals surface area contributed by atoms with Crippen molar-refractivity contribution < 1.29 is 27.1 Å². The lowest BCUT2D eigenvalue weighted by atomic mass is 9.97. The number of pyridine rings is 1. The largest absolute Gasteiger partial charge is 0.493 e. The van der Waals surface area contributed by atoms with Gasteiger partial charge in [0.15, 0.2) is 5.78 Å². The van der Waals surface area contributed by atoms with E-state index >= 15 is 0 Å². The minimum Gasteiger partial charge on any atom is -0.493 e. The van der Waals surface area contributed by atoms with E-state index < -0.39 is 32.4 Å². The Morgan fingerprint density at radius 2 is 2.00 bits per heavy atom. The van der Waals surface area contributed by atoms with Crippen LogP contribution in [-0.2, 0) is 14.8 Å². The van der Waals surface area contributed by atoms with E-state index in [2.05, 4.69) is 6.92 Å². The number of anilines is 1. The maximum Gasteiger partial charge on any atom is 0.268 e. The molecule has 10 heteroatoms. The van der Waals surface area contributed by atoms with Gasteiger partial charge in [0.05, 0.1) is 17.9 Å². The van der Waals surface area contributed by atoms with Crippen molar-refractivity contribution in [3.05, 3.63) is 64.8 Å². The summed E-state index contributed by atoms with van der Waals surface area (Å²) >= 11 is 0. The van der Waals surface area contributed by atoms with Crippen LogP contribution < -0.4 is 14.4 Å². The molecule has 1 saturated heterocycles. The molecule has 1 aliphatic heterocycles. The van der Waals surface area contributed by atoms with Gasteiger partial charge in [-0.3, -0.25) is 9.59 Å². The zero-order valence-corrected chi connectivity index (χ0v) is 23.6. The maximum absolute atomic E-state index is 14.5. The topological polar surface area (TPSA) is 106 Å². The summed E-state index contributed by atoms with van der Waals surface area (Å²) in [7, 11) is -4.40. The fourth-order valence-corrected chi connectivity index (χ4v) is 6.11. The average Bonchev–Trinajstić information content (AvgIpc) is 3.13. The van der Waals surface area contributed by atoms with Crippen molar-refractivity contribution >= 4 is 27.5 Å². The summed E-state index contributed by atoms with van der Waals surface area (Å²) in [5.41, 5.74) is 0.531. The fourth-order valence-electron chi connectivity index (χ4n) is 5.00. The van der Waals surface area contributed by atoms with Crippen LogP contribution in [0.2, 0.25) is 0 Å². The normalized spacial score (nSPS) is 18.8. The zero-order chi connectivity index (χ0) is 28.5. The number of nitrogens with one attached hydrogen (secondary N) is 1. The smallest absolute Gasteiger partial charge is 0.268 e. The number of rotatable bonds is 8. The van der Waals surface area contributed by atoms with Gasteiger partial charge in [-0.25, -0.2) is 22.5 Å². The molecule has 0 radical (unpaired) electrons. The van der Waals surface area contributed by atoms with Crippen molar-refractivity contribution in [2.45, 2.75) is 53.0 Å². The standard InChI is InChI=1S/C29H34FN3O5S/c1-18(2)17-38-22-13-20(12-21(30)14-22)24-11-10-23(27(31-24)33-16-19(3)15-29(33,4)5)28(35)32-39(36,37)26-9-7-6-8-25(26)34/h6-7,9-14,18-19H,8,15-17H2,1-5H3,(H,32,35)/t19-/m0/s1. The Bertz CT molecular complexity index is 1460. The van der Waals surface area contributed by atoms with Crippen molar-refractivity contribution in [1.29, 1.82) is 0 Å². The van der Waals surface area contributed by atoms with Gasteiger partial charge >= 0.3 is 0 Å². The lowest BCUT2D eigenvalue weighted by molar-refractivity contribution is -0.114. The first-order chi connectivity index (χ1) is 18.3. The monoisotopic (exact) mass is 555 g/mol. The van der Waals surface area contributed by atoms with Crippen molar-refractivity contribution in [1.82, 2.24) is 9.71 Å². The maximum atomic E-state index is 14.5. The van der Waals surface area contributed by atoms with Gasteiger partial charge in [-0.05, 0) is 62.4 Å². The van der Waals surface area contributed by atoms with Gasteiger partial charge in [0.1, 0.15) is 22.3 Å². The molecular weight excluding hydrogens is 521 g/mol. The number of sulfonamides is 1. The number of carbonyl (C=O) groups is 2. The number of halogens is 1. The van der Waals surface area contributed by atoms with Gasteiger partial charge in [-0.15, -0.1) is 0 Å². The molecule has 39 heavy (non-hydrogen) atoms. The van der Waals surface area contributed by atoms with Crippen molar-refractivity contribution in [2.24, 2.45) is 11.8 Å². The van der Waals surface area contributed by atoms with Crippen LogP contribution in [0.1, 0.15) is 57.8 Å². The fraction of sp³-hybridized carbons (Fsp3) is 0.414. The molecule has 1 atom stereocenters. The number of allylic oxidation sites excluding steroid dienone is 4. The third kappa shape index (κ3) is 6.38. The molecule has 2 aliphatic rings. The van der Waals surface area contributed by atoms with Gasteiger partial charge < -0.3 is 9.64 Å². The van der Waals surface area contributed by atoms with Gasteiger partial charge in [0, 0.05) is 30.1 Å². The summed E-state index contributed by atoms with van der Waals surface area (Å²) in [4.78, 5) is 31.9. The second-order valence-corrected chi connectivity index (χ2v) is 12.9. The predicted molar refractivity (Wildman–Crippen MR) is 148 cm³/mol. The second-order valence-electron chi connectivity index (χ2n) is 11.2. The van der Waals surface area contributed by atoms with Crippen LogP contribution in [0.25, 0.3) is 11.3 Å². The summed E-state index contributed by atoms with van der Waals surface area (Å²) in [6, 6.07) is 7.37. The first-order valence-electron chi connectivity index (χ1n) is 13.0. The summed E-state index contributed by atoms with van der Waals surface area (Å²) in [6.45, 7) is 11.2. The number of ether oxygens (including phenoxy) is 1. The van der Waals surface area contributed by atoms with Crippen molar-refractivity contribution in [2.75, 3.05) is 18.1 Å². The van der Waals surface area contributed by atoms with E-state index in [9.17, 15) is 22.4 Å². The lowest BCUT2D eigenvalue weighted by Gasteiger charge is -2.34. The highest BCUT2D eigenvalue weighted by Crippen LogP contribution is 2.38.